The summed E-state index contributed by atoms with van der Waals surface area (Å²) in [7, 11) is 1.63. The average molecular weight is 430 g/mol. The Kier molecular flexibility index (Phi) is 4.72. The second kappa shape index (κ2) is 7.69. The summed E-state index contributed by atoms with van der Waals surface area (Å²) in [5, 5.41) is 13.6. The molecule has 0 bridgehead atoms. The molecule has 0 saturated carbocycles. The standard InChI is InChI=1S/C22H18N6O2S/c1-14-18(12-23-27(14)16-8-4-3-5-9-16)20(29)24-21-25-22-28(26-21)19(13-31-22)15-7-6-10-17(11-15)30-2/h3-13H,1-2H3,(H,24,26,29). The largest absolute Gasteiger partial charge is 0.497 e. The van der Waals surface area contributed by atoms with E-state index in [1.165, 1.54) is 11.3 Å². The minimum atomic E-state index is -0.305. The van der Waals surface area contributed by atoms with Gasteiger partial charge >= 0.3 is 0 Å². The van der Waals surface area contributed by atoms with Crippen LogP contribution in [0.1, 0.15) is 16.1 Å². The molecule has 8 nitrogen and oxygen atoms in total. The second-order valence-electron chi connectivity index (χ2n) is 6.83. The Hall–Kier alpha value is -3.98. The molecule has 0 unspecified atom stereocenters. The minimum Gasteiger partial charge on any atom is -0.497 e. The van der Waals surface area contributed by atoms with E-state index in [1.807, 2.05) is 66.9 Å². The van der Waals surface area contributed by atoms with Crippen molar-refractivity contribution in [3.05, 3.63) is 77.4 Å². The second-order valence-corrected chi connectivity index (χ2v) is 7.66. The van der Waals surface area contributed by atoms with Crippen molar-refractivity contribution < 1.29 is 9.53 Å². The number of hydrogen-bond acceptors (Lipinski definition) is 6. The molecule has 3 aromatic heterocycles. The number of carbonyl (C=O) groups excluding carboxylic acids is 1. The summed E-state index contributed by atoms with van der Waals surface area (Å²) in [6, 6.07) is 17.4. The number of nitrogens with zero attached hydrogens (tertiary/aromatic N) is 5. The van der Waals surface area contributed by atoms with Gasteiger partial charge in [-0.05, 0) is 31.2 Å². The van der Waals surface area contributed by atoms with E-state index >= 15 is 0 Å². The number of aromatic nitrogens is 5. The van der Waals surface area contributed by atoms with Gasteiger partial charge in [-0.3, -0.25) is 10.1 Å². The molecule has 0 aliphatic heterocycles. The van der Waals surface area contributed by atoms with Crippen LogP contribution in [-0.4, -0.2) is 37.4 Å². The molecular weight excluding hydrogens is 412 g/mol. The predicted molar refractivity (Wildman–Crippen MR) is 119 cm³/mol. The van der Waals surface area contributed by atoms with Crippen molar-refractivity contribution in [2.45, 2.75) is 6.92 Å². The number of rotatable bonds is 5. The molecule has 0 radical (unpaired) electrons. The fourth-order valence-electron chi connectivity index (χ4n) is 3.35. The van der Waals surface area contributed by atoms with E-state index in [0.717, 1.165) is 28.4 Å². The first kappa shape index (κ1) is 19.0. The fourth-order valence-corrected chi connectivity index (χ4v) is 4.18. The number of para-hydroxylation sites is 1. The quantitative estimate of drug-likeness (QED) is 0.451. The van der Waals surface area contributed by atoms with Gasteiger partial charge in [0.2, 0.25) is 4.96 Å². The summed E-state index contributed by atoms with van der Waals surface area (Å²) in [6.45, 7) is 1.86. The van der Waals surface area contributed by atoms with E-state index in [2.05, 4.69) is 20.5 Å². The number of benzene rings is 2. The highest BCUT2D eigenvalue weighted by molar-refractivity contribution is 7.15. The van der Waals surface area contributed by atoms with Gasteiger partial charge in [0.15, 0.2) is 0 Å². The van der Waals surface area contributed by atoms with Gasteiger partial charge in [-0.15, -0.1) is 16.4 Å². The molecule has 5 aromatic rings. The van der Waals surface area contributed by atoms with E-state index in [0.29, 0.717) is 10.5 Å². The molecule has 154 valence electrons. The van der Waals surface area contributed by atoms with E-state index in [1.54, 1.807) is 22.5 Å². The van der Waals surface area contributed by atoms with Crippen LogP contribution in [0.5, 0.6) is 5.75 Å². The van der Waals surface area contributed by atoms with Crippen molar-refractivity contribution >= 4 is 28.2 Å². The number of amides is 1. The van der Waals surface area contributed by atoms with Crippen LogP contribution in [-0.2, 0) is 0 Å². The molecule has 31 heavy (non-hydrogen) atoms. The van der Waals surface area contributed by atoms with E-state index < -0.39 is 0 Å². The summed E-state index contributed by atoms with van der Waals surface area (Å²) < 4.78 is 8.76. The van der Waals surface area contributed by atoms with Crippen molar-refractivity contribution in [2.24, 2.45) is 0 Å². The van der Waals surface area contributed by atoms with Crippen LogP contribution in [0.4, 0.5) is 5.95 Å². The first-order chi connectivity index (χ1) is 15.1. The summed E-state index contributed by atoms with van der Waals surface area (Å²) in [6.07, 6.45) is 1.55. The van der Waals surface area contributed by atoms with Gasteiger partial charge in [-0.1, -0.05) is 30.3 Å². The number of ether oxygens (including phenoxy) is 1. The third kappa shape index (κ3) is 3.44. The molecule has 0 spiro atoms. The maximum Gasteiger partial charge on any atom is 0.261 e. The third-order valence-corrected chi connectivity index (χ3v) is 5.74. The molecule has 0 aliphatic carbocycles. The molecule has 0 saturated heterocycles. The number of nitrogens with one attached hydrogen (secondary N) is 1. The molecule has 2 aromatic carbocycles. The molecule has 3 heterocycles. The zero-order valence-corrected chi connectivity index (χ0v) is 17.6. The Bertz CT molecular complexity index is 1390. The van der Waals surface area contributed by atoms with Crippen LogP contribution < -0.4 is 10.1 Å². The molecule has 0 fully saturated rings. The number of fused-ring (bicyclic) bond motifs is 1. The first-order valence-electron chi connectivity index (χ1n) is 9.54. The summed E-state index contributed by atoms with van der Waals surface area (Å²) in [4.78, 5) is 18.0. The summed E-state index contributed by atoms with van der Waals surface area (Å²) >= 11 is 1.45. The topological polar surface area (TPSA) is 86.3 Å². The van der Waals surface area contributed by atoms with Crippen molar-refractivity contribution in [1.29, 1.82) is 0 Å². The Morgan fingerprint density at radius 2 is 1.97 bits per heavy atom. The van der Waals surface area contributed by atoms with Crippen LogP contribution >= 0.6 is 11.3 Å². The van der Waals surface area contributed by atoms with Gasteiger partial charge in [0, 0.05) is 10.9 Å². The lowest BCUT2D eigenvalue weighted by Crippen LogP contribution is -2.14. The highest BCUT2D eigenvalue weighted by Gasteiger charge is 2.18. The zero-order valence-electron chi connectivity index (χ0n) is 16.8. The number of methoxy groups -OCH3 is 1. The highest BCUT2D eigenvalue weighted by Crippen LogP contribution is 2.28. The molecule has 0 atom stereocenters. The third-order valence-electron chi connectivity index (χ3n) is 4.93. The molecule has 0 aliphatic rings. The van der Waals surface area contributed by atoms with Crippen LogP contribution in [0, 0.1) is 6.92 Å². The molecule has 1 N–H and O–H groups in total. The Labute approximate surface area is 181 Å². The lowest BCUT2D eigenvalue weighted by molar-refractivity contribution is 0.102. The molecule has 1 amide bonds. The smallest absolute Gasteiger partial charge is 0.261 e. The highest BCUT2D eigenvalue weighted by atomic mass is 32.1. The first-order valence-corrected chi connectivity index (χ1v) is 10.4. The van der Waals surface area contributed by atoms with Crippen molar-refractivity contribution in [3.63, 3.8) is 0 Å². The van der Waals surface area contributed by atoms with Gasteiger partial charge in [0.05, 0.1) is 35.9 Å². The lowest BCUT2D eigenvalue weighted by Gasteiger charge is -2.05. The maximum atomic E-state index is 12.8. The SMILES string of the molecule is COc1cccc(-c2csc3nc(NC(=O)c4cnn(-c5ccccc5)c4C)nn23)c1. The number of thiazole rings is 1. The van der Waals surface area contributed by atoms with Crippen molar-refractivity contribution in [1.82, 2.24) is 24.4 Å². The summed E-state index contributed by atoms with van der Waals surface area (Å²) in [5.74, 6) is 0.699. The fraction of sp³-hybridized carbons (Fsp3) is 0.0909. The number of carbonyl (C=O) groups is 1. The maximum absolute atomic E-state index is 12.8. The minimum absolute atomic E-state index is 0.243. The van der Waals surface area contributed by atoms with E-state index in [4.69, 9.17) is 4.74 Å². The van der Waals surface area contributed by atoms with E-state index in [9.17, 15) is 4.79 Å². The monoisotopic (exact) mass is 430 g/mol. The van der Waals surface area contributed by atoms with Gasteiger partial charge in [0.1, 0.15) is 5.75 Å². The Morgan fingerprint density at radius 1 is 1.13 bits per heavy atom. The van der Waals surface area contributed by atoms with Crippen LogP contribution in [0.25, 0.3) is 21.9 Å². The van der Waals surface area contributed by atoms with Crippen LogP contribution in [0.2, 0.25) is 0 Å². The van der Waals surface area contributed by atoms with Gasteiger partial charge in [-0.25, -0.2) is 9.20 Å². The molecule has 5 rings (SSSR count). The molecular formula is C22H18N6O2S. The number of anilines is 1. The number of hydrogen-bond donors (Lipinski definition) is 1. The van der Waals surface area contributed by atoms with Crippen molar-refractivity contribution in [3.8, 4) is 22.7 Å². The predicted octanol–water partition coefficient (Wildman–Crippen LogP) is 4.21. The normalized spacial score (nSPS) is 11.0. The van der Waals surface area contributed by atoms with E-state index in [-0.39, 0.29) is 11.9 Å². The average Bonchev–Trinajstić information content (AvgIpc) is 3.48. The van der Waals surface area contributed by atoms with Crippen LogP contribution in [0.15, 0.2) is 66.2 Å². The van der Waals surface area contributed by atoms with Crippen molar-refractivity contribution in [2.75, 3.05) is 12.4 Å². The van der Waals surface area contributed by atoms with Gasteiger partial charge in [-0.2, -0.15) is 10.1 Å². The Balaban J connectivity index is 1.42. The lowest BCUT2D eigenvalue weighted by atomic mass is 10.2. The summed E-state index contributed by atoms with van der Waals surface area (Å²) in [5.41, 5.74) is 3.92. The Morgan fingerprint density at radius 3 is 2.77 bits per heavy atom. The zero-order chi connectivity index (χ0) is 21.4. The molecule has 9 heteroatoms. The van der Waals surface area contributed by atoms with Gasteiger partial charge in [0.25, 0.3) is 11.9 Å². The van der Waals surface area contributed by atoms with Gasteiger partial charge < -0.3 is 4.74 Å². The van der Waals surface area contributed by atoms with Crippen LogP contribution in [0.3, 0.4) is 0 Å².